The first-order chi connectivity index (χ1) is 11.9. The third-order valence-corrected chi connectivity index (χ3v) is 5.53. The molecular weight excluding hydrogens is 340 g/mol. The summed E-state index contributed by atoms with van der Waals surface area (Å²) in [5.74, 6) is 1.12. The molecule has 3 aromatic rings. The van der Waals surface area contributed by atoms with Gasteiger partial charge < -0.3 is 9.26 Å². The second kappa shape index (κ2) is 5.63. The topological polar surface area (TPSA) is 81.4 Å². The van der Waals surface area contributed by atoms with E-state index >= 15 is 0 Å². The normalized spacial score (nSPS) is 12.9. The lowest BCUT2D eigenvalue weighted by Gasteiger charge is -2.17. The maximum atomic E-state index is 12.8. The molecule has 0 spiro atoms. The number of benzene rings is 2. The quantitative estimate of drug-likeness (QED) is 0.775. The molecule has 0 aliphatic carbocycles. The summed E-state index contributed by atoms with van der Waals surface area (Å²) in [7, 11) is -3.74. The minimum atomic E-state index is -3.74. The molecule has 6 nitrogen and oxygen atoms in total. The Balaban J connectivity index is 1.75. The first-order valence-corrected chi connectivity index (χ1v) is 9.23. The van der Waals surface area contributed by atoms with Gasteiger partial charge in [-0.1, -0.05) is 17.3 Å². The van der Waals surface area contributed by atoms with Crippen LogP contribution in [0.2, 0.25) is 0 Å². The van der Waals surface area contributed by atoms with Gasteiger partial charge in [0, 0.05) is 0 Å². The van der Waals surface area contributed by atoms with E-state index in [1.165, 1.54) is 6.07 Å². The summed E-state index contributed by atoms with van der Waals surface area (Å²) in [6, 6.07) is 10.3. The van der Waals surface area contributed by atoms with Crippen LogP contribution in [0.3, 0.4) is 0 Å². The Labute approximate surface area is 145 Å². The minimum Gasteiger partial charge on any atom is -0.488 e. The number of aromatic nitrogens is 1. The first kappa shape index (κ1) is 15.7. The van der Waals surface area contributed by atoms with Crippen LogP contribution in [0.25, 0.3) is 11.3 Å². The van der Waals surface area contributed by atoms with Gasteiger partial charge in [0.1, 0.15) is 12.4 Å². The van der Waals surface area contributed by atoms with E-state index < -0.39 is 10.0 Å². The lowest BCUT2D eigenvalue weighted by Crippen LogP contribution is -2.14. The SMILES string of the molecule is Cc1ccc(C)c(NS(=O)(=O)c2ccc3c(c2)-c2oncc2CO3)c1. The number of nitrogens with one attached hydrogen (secondary N) is 1. The molecule has 0 fully saturated rings. The van der Waals surface area contributed by atoms with Crippen molar-refractivity contribution < 1.29 is 17.7 Å². The smallest absolute Gasteiger partial charge is 0.261 e. The molecule has 0 radical (unpaired) electrons. The van der Waals surface area contributed by atoms with Crippen molar-refractivity contribution in [3.63, 3.8) is 0 Å². The summed E-state index contributed by atoms with van der Waals surface area (Å²) >= 11 is 0. The maximum Gasteiger partial charge on any atom is 0.261 e. The Morgan fingerprint density at radius 2 is 1.96 bits per heavy atom. The van der Waals surface area contributed by atoms with Crippen LogP contribution in [0.4, 0.5) is 5.69 Å². The Hall–Kier alpha value is -2.80. The van der Waals surface area contributed by atoms with Gasteiger partial charge in [-0.15, -0.1) is 0 Å². The number of fused-ring (bicyclic) bond motifs is 3. The van der Waals surface area contributed by atoms with Gasteiger partial charge in [0.2, 0.25) is 0 Å². The van der Waals surface area contributed by atoms with Gasteiger partial charge in [0.25, 0.3) is 10.0 Å². The Kier molecular flexibility index (Phi) is 3.54. The lowest BCUT2D eigenvalue weighted by atomic mass is 10.1. The monoisotopic (exact) mass is 356 g/mol. The largest absolute Gasteiger partial charge is 0.488 e. The number of rotatable bonds is 3. The van der Waals surface area contributed by atoms with Crippen molar-refractivity contribution in [1.82, 2.24) is 5.16 Å². The maximum absolute atomic E-state index is 12.8. The molecule has 1 aromatic heterocycles. The molecule has 128 valence electrons. The number of hydrogen-bond donors (Lipinski definition) is 1. The molecule has 4 rings (SSSR count). The summed E-state index contributed by atoms with van der Waals surface area (Å²) in [6.45, 7) is 4.14. The number of sulfonamides is 1. The molecule has 2 heterocycles. The van der Waals surface area contributed by atoms with E-state index in [0.29, 0.717) is 29.4 Å². The van der Waals surface area contributed by atoms with Crippen molar-refractivity contribution in [1.29, 1.82) is 0 Å². The summed E-state index contributed by atoms with van der Waals surface area (Å²) in [5, 5.41) is 3.76. The van der Waals surface area contributed by atoms with Crippen LogP contribution in [-0.4, -0.2) is 13.6 Å². The highest BCUT2D eigenvalue weighted by Crippen LogP contribution is 2.38. The lowest BCUT2D eigenvalue weighted by molar-refractivity contribution is 0.297. The second-order valence-corrected chi connectivity index (χ2v) is 7.73. The van der Waals surface area contributed by atoms with Crippen molar-refractivity contribution in [3.05, 3.63) is 59.3 Å². The highest BCUT2D eigenvalue weighted by molar-refractivity contribution is 7.92. The van der Waals surface area contributed by atoms with Crippen LogP contribution in [0.15, 0.2) is 52.0 Å². The summed E-state index contributed by atoms with van der Waals surface area (Å²) < 4.78 is 39.1. The molecule has 7 heteroatoms. The van der Waals surface area contributed by atoms with E-state index in [1.54, 1.807) is 18.3 Å². The van der Waals surface area contributed by atoms with Crippen LogP contribution < -0.4 is 9.46 Å². The number of nitrogens with zero attached hydrogens (tertiary/aromatic N) is 1. The summed E-state index contributed by atoms with van der Waals surface area (Å²) in [4.78, 5) is 0.139. The van der Waals surface area contributed by atoms with E-state index in [-0.39, 0.29) is 4.90 Å². The number of hydrogen-bond acceptors (Lipinski definition) is 5. The van der Waals surface area contributed by atoms with Crippen molar-refractivity contribution in [2.24, 2.45) is 0 Å². The van der Waals surface area contributed by atoms with Gasteiger partial charge in [-0.25, -0.2) is 8.42 Å². The minimum absolute atomic E-state index is 0.139. The molecule has 25 heavy (non-hydrogen) atoms. The molecule has 0 unspecified atom stereocenters. The van der Waals surface area contributed by atoms with E-state index in [4.69, 9.17) is 9.26 Å². The average Bonchev–Trinajstić information content (AvgIpc) is 3.06. The molecule has 2 aromatic carbocycles. The molecule has 0 atom stereocenters. The standard InChI is InChI=1S/C18H16N2O4S/c1-11-3-4-12(2)16(7-11)20-25(21,22)14-5-6-17-15(8-14)18-13(10-23-17)9-19-24-18/h3-9,20H,10H2,1-2H3. The van der Waals surface area contributed by atoms with Crippen LogP contribution in [0.5, 0.6) is 5.75 Å². The highest BCUT2D eigenvalue weighted by Gasteiger charge is 2.25. The van der Waals surface area contributed by atoms with E-state index in [9.17, 15) is 8.42 Å². The van der Waals surface area contributed by atoms with Gasteiger partial charge in [-0.05, 0) is 49.2 Å². The summed E-state index contributed by atoms with van der Waals surface area (Å²) in [6.07, 6.45) is 1.58. The molecule has 0 saturated carbocycles. The van der Waals surface area contributed by atoms with Crippen LogP contribution in [-0.2, 0) is 16.6 Å². The molecular formula is C18H16N2O4S. The molecule has 1 N–H and O–H groups in total. The van der Waals surface area contributed by atoms with Crippen molar-refractivity contribution in [2.75, 3.05) is 4.72 Å². The fraction of sp³-hybridized carbons (Fsp3) is 0.167. The zero-order valence-corrected chi connectivity index (χ0v) is 14.6. The Bertz CT molecular complexity index is 1070. The predicted molar refractivity (Wildman–Crippen MR) is 93.0 cm³/mol. The summed E-state index contributed by atoms with van der Waals surface area (Å²) in [5.41, 5.74) is 3.78. The molecule has 0 amide bonds. The average molecular weight is 356 g/mol. The van der Waals surface area contributed by atoms with E-state index in [2.05, 4.69) is 9.88 Å². The van der Waals surface area contributed by atoms with Crippen LogP contribution in [0, 0.1) is 13.8 Å². The van der Waals surface area contributed by atoms with E-state index in [1.807, 2.05) is 32.0 Å². The molecule has 1 aliphatic heterocycles. The second-order valence-electron chi connectivity index (χ2n) is 6.05. The Morgan fingerprint density at radius 3 is 2.80 bits per heavy atom. The zero-order valence-electron chi connectivity index (χ0n) is 13.7. The van der Waals surface area contributed by atoms with E-state index in [0.717, 1.165) is 16.7 Å². The molecule has 0 saturated heterocycles. The Morgan fingerprint density at radius 1 is 1.12 bits per heavy atom. The molecule has 0 bridgehead atoms. The number of aryl methyl sites for hydroxylation is 2. The van der Waals surface area contributed by atoms with Crippen LogP contribution >= 0.6 is 0 Å². The first-order valence-electron chi connectivity index (χ1n) is 7.75. The number of ether oxygens (including phenoxy) is 1. The fourth-order valence-corrected chi connectivity index (χ4v) is 3.92. The van der Waals surface area contributed by atoms with Gasteiger partial charge in [-0.2, -0.15) is 0 Å². The van der Waals surface area contributed by atoms with Gasteiger partial charge >= 0.3 is 0 Å². The zero-order chi connectivity index (χ0) is 17.6. The number of anilines is 1. The third kappa shape index (κ3) is 2.76. The van der Waals surface area contributed by atoms with Gasteiger partial charge in [0.05, 0.1) is 27.9 Å². The molecule has 1 aliphatic rings. The van der Waals surface area contributed by atoms with Gasteiger partial charge in [-0.3, -0.25) is 4.72 Å². The fourth-order valence-electron chi connectivity index (χ4n) is 2.77. The third-order valence-electron chi connectivity index (χ3n) is 4.17. The predicted octanol–water partition coefficient (Wildman–Crippen LogP) is 3.65. The van der Waals surface area contributed by atoms with Crippen molar-refractivity contribution >= 4 is 15.7 Å². The van der Waals surface area contributed by atoms with Crippen molar-refractivity contribution in [3.8, 4) is 17.1 Å². The van der Waals surface area contributed by atoms with Crippen molar-refractivity contribution in [2.45, 2.75) is 25.3 Å². The highest BCUT2D eigenvalue weighted by atomic mass is 32.2. The van der Waals surface area contributed by atoms with Crippen LogP contribution in [0.1, 0.15) is 16.7 Å². The van der Waals surface area contributed by atoms with Gasteiger partial charge in [0.15, 0.2) is 5.76 Å².